The van der Waals surface area contributed by atoms with Crippen LogP contribution in [0, 0.1) is 0 Å². The Hall–Kier alpha value is -1.32. The fourth-order valence-corrected chi connectivity index (χ4v) is 0.392. The van der Waals surface area contributed by atoms with Crippen molar-refractivity contribution in [3.63, 3.8) is 0 Å². The molecular formula is C13H34O4. The smallest absolute Gasteiger partial charge is 0.344 e. The molecular weight excluding hydrogens is 220 g/mol. The summed E-state index contributed by atoms with van der Waals surface area (Å²) in [7, 11) is 0. The summed E-state index contributed by atoms with van der Waals surface area (Å²) < 4.78 is 8.86. The molecule has 0 heterocycles. The van der Waals surface area contributed by atoms with Crippen molar-refractivity contribution in [2.45, 2.75) is 51.5 Å². The van der Waals surface area contributed by atoms with Crippen molar-refractivity contribution in [3.05, 3.63) is 12.7 Å². The van der Waals surface area contributed by atoms with Gasteiger partial charge in [-0.15, -0.1) is 0 Å². The van der Waals surface area contributed by atoms with Crippen LogP contribution in [0.4, 0.5) is 0 Å². The highest BCUT2D eigenvalue weighted by Crippen LogP contribution is 1.82. The maximum Gasteiger partial charge on any atom is 0.344 e. The summed E-state index contributed by atoms with van der Waals surface area (Å²) in [4.78, 5) is 20.9. The largest absolute Gasteiger partial charge is 0.463 e. The predicted octanol–water partition coefficient (Wildman–Crippen LogP) is 4.10. The standard InChI is InChI=1S/C7H10O4.6CH4/c1-3-6(8)11-5-7(9)10-4-2;;;;;;/h3H,1,4-5H2,2H3;6*1H4. The molecule has 4 nitrogen and oxygen atoms in total. The van der Waals surface area contributed by atoms with Crippen molar-refractivity contribution < 1.29 is 19.1 Å². The lowest BCUT2D eigenvalue weighted by atomic mass is 10.6. The van der Waals surface area contributed by atoms with E-state index in [1.807, 2.05) is 0 Å². The third-order valence-electron chi connectivity index (χ3n) is 0.804. The Morgan fingerprint density at radius 2 is 1.41 bits per heavy atom. The van der Waals surface area contributed by atoms with E-state index in [1.54, 1.807) is 6.92 Å². The van der Waals surface area contributed by atoms with Gasteiger partial charge in [0.2, 0.25) is 0 Å². The predicted molar refractivity (Wildman–Crippen MR) is 78.2 cm³/mol. The van der Waals surface area contributed by atoms with Crippen molar-refractivity contribution >= 4 is 11.9 Å². The van der Waals surface area contributed by atoms with Gasteiger partial charge in [-0.1, -0.05) is 51.1 Å². The van der Waals surface area contributed by atoms with Crippen molar-refractivity contribution in [3.8, 4) is 0 Å². The van der Waals surface area contributed by atoms with E-state index in [0.717, 1.165) is 6.08 Å². The van der Waals surface area contributed by atoms with E-state index >= 15 is 0 Å². The highest BCUT2D eigenvalue weighted by molar-refractivity contribution is 5.83. The molecule has 0 unspecified atom stereocenters. The van der Waals surface area contributed by atoms with E-state index in [2.05, 4.69) is 16.1 Å². The number of ether oxygens (including phenoxy) is 2. The second kappa shape index (κ2) is 29.3. The average Bonchev–Trinajstić information content (AvgIpc) is 2.01. The molecule has 0 saturated heterocycles. The summed E-state index contributed by atoms with van der Waals surface area (Å²) in [6.07, 6.45) is 0.985. The van der Waals surface area contributed by atoms with E-state index in [0.29, 0.717) is 0 Å². The third kappa shape index (κ3) is 31.3. The molecule has 0 N–H and O–H groups in total. The lowest BCUT2D eigenvalue weighted by molar-refractivity contribution is -0.155. The van der Waals surface area contributed by atoms with Crippen molar-refractivity contribution in [2.24, 2.45) is 0 Å². The van der Waals surface area contributed by atoms with Crippen LogP contribution in [0.2, 0.25) is 0 Å². The molecule has 0 aliphatic heterocycles. The van der Waals surface area contributed by atoms with E-state index in [4.69, 9.17) is 0 Å². The Morgan fingerprint density at radius 1 is 1.00 bits per heavy atom. The topological polar surface area (TPSA) is 52.6 Å². The van der Waals surface area contributed by atoms with Crippen molar-refractivity contribution in [2.75, 3.05) is 13.2 Å². The van der Waals surface area contributed by atoms with Crippen LogP contribution in [-0.2, 0) is 19.1 Å². The first-order valence-electron chi connectivity index (χ1n) is 3.15. The van der Waals surface area contributed by atoms with Gasteiger partial charge in [-0.3, -0.25) is 0 Å². The molecule has 0 aromatic rings. The van der Waals surface area contributed by atoms with Gasteiger partial charge in [0.15, 0.2) is 6.61 Å². The first kappa shape index (κ1) is 44.8. The Kier molecular flexibility index (Phi) is 77.3. The monoisotopic (exact) mass is 254 g/mol. The molecule has 0 rings (SSSR count). The van der Waals surface area contributed by atoms with Crippen LogP contribution < -0.4 is 0 Å². The van der Waals surface area contributed by atoms with E-state index < -0.39 is 11.9 Å². The number of carbonyl (C=O) groups excluding carboxylic acids is 2. The third-order valence-corrected chi connectivity index (χ3v) is 0.804. The van der Waals surface area contributed by atoms with Gasteiger partial charge in [-0.05, 0) is 6.92 Å². The molecule has 0 aromatic carbocycles. The molecule has 0 atom stereocenters. The van der Waals surface area contributed by atoms with Gasteiger partial charge < -0.3 is 9.47 Å². The molecule has 110 valence electrons. The molecule has 0 radical (unpaired) electrons. The van der Waals surface area contributed by atoms with Crippen LogP contribution in [0.1, 0.15) is 51.5 Å². The maximum absolute atomic E-state index is 10.5. The molecule has 0 bridgehead atoms. The molecule has 17 heavy (non-hydrogen) atoms. The summed E-state index contributed by atoms with van der Waals surface area (Å²) in [6, 6.07) is 0. The van der Waals surface area contributed by atoms with Crippen LogP contribution in [0.3, 0.4) is 0 Å². The van der Waals surface area contributed by atoms with Gasteiger partial charge in [0.1, 0.15) is 0 Å². The van der Waals surface area contributed by atoms with Gasteiger partial charge in [-0.2, -0.15) is 0 Å². The maximum atomic E-state index is 10.5. The van der Waals surface area contributed by atoms with Crippen LogP contribution >= 0.6 is 0 Å². The zero-order valence-corrected chi connectivity index (χ0v) is 6.33. The van der Waals surface area contributed by atoms with Crippen LogP contribution in [0.25, 0.3) is 0 Å². The molecule has 0 amide bonds. The van der Waals surface area contributed by atoms with Gasteiger partial charge in [0.05, 0.1) is 6.61 Å². The zero-order chi connectivity index (χ0) is 8.69. The molecule has 0 aromatic heterocycles. The highest BCUT2D eigenvalue weighted by atomic mass is 16.6. The van der Waals surface area contributed by atoms with Crippen molar-refractivity contribution in [1.29, 1.82) is 0 Å². The lowest BCUT2D eigenvalue weighted by Gasteiger charge is -2.00. The normalized spacial score (nSPS) is 5.47. The first-order valence-corrected chi connectivity index (χ1v) is 3.15. The minimum atomic E-state index is -0.627. The number of carbonyl (C=O) groups is 2. The van der Waals surface area contributed by atoms with Crippen LogP contribution in [-0.4, -0.2) is 25.2 Å². The summed E-state index contributed by atoms with van der Waals surface area (Å²) in [6.45, 7) is 4.77. The average molecular weight is 254 g/mol. The van der Waals surface area contributed by atoms with Crippen molar-refractivity contribution in [1.82, 2.24) is 0 Å². The fourth-order valence-electron chi connectivity index (χ4n) is 0.392. The van der Waals surface area contributed by atoms with Crippen LogP contribution in [0.15, 0.2) is 12.7 Å². The quantitative estimate of drug-likeness (QED) is 0.560. The minimum Gasteiger partial charge on any atom is -0.463 e. The molecule has 0 saturated carbocycles. The first-order chi connectivity index (χ1) is 5.20. The Balaban J connectivity index is -0.0000000333. The zero-order valence-electron chi connectivity index (χ0n) is 6.33. The second-order valence-electron chi connectivity index (χ2n) is 1.62. The molecule has 0 aliphatic carbocycles. The Morgan fingerprint density at radius 3 is 1.71 bits per heavy atom. The van der Waals surface area contributed by atoms with Gasteiger partial charge in [-0.25, -0.2) is 9.59 Å². The summed E-state index contributed by atoms with van der Waals surface area (Å²) in [5.74, 6) is -1.18. The van der Waals surface area contributed by atoms with Crippen LogP contribution in [0.5, 0.6) is 0 Å². The number of esters is 2. The molecule has 0 fully saturated rings. The van der Waals surface area contributed by atoms with Gasteiger partial charge in [0.25, 0.3) is 0 Å². The molecule has 0 aliphatic rings. The summed E-state index contributed by atoms with van der Waals surface area (Å²) >= 11 is 0. The number of hydrogen-bond acceptors (Lipinski definition) is 4. The van der Waals surface area contributed by atoms with E-state index in [1.165, 1.54) is 0 Å². The highest BCUT2D eigenvalue weighted by Gasteiger charge is 2.03. The Bertz CT molecular complexity index is 165. The van der Waals surface area contributed by atoms with E-state index in [9.17, 15) is 9.59 Å². The number of rotatable bonds is 4. The minimum absolute atomic E-state index is 0. The molecule has 0 spiro atoms. The fraction of sp³-hybridized carbons (Fsp3) is 0.692. The number of hydrogen-bond donors (Lipinski definition) is 0. The van der Waals surface area contributed by atoms with E-state index in [-0.39, 0.29) is 57.8 Å². The summed E-state index contributed by atoms with van der Waals surface area (Å²) in [5, 5.41) is 0. The Labute approximate surface area is 109 Å². The van der Waals surface area contributed by atoms with Gasteiger partial charge in [0, 0.05) is 6.08 Å². The lowest BCUT2D eigenvalue weighted by Crippen LogP contribution is -2.14. The SMILES string of the molecule is C.C.C.C.C.C.C=CC(=O)OCC(=O)OCC. The second-order valence-corrected chi connectivity index (χ2v) is 1.62. The molecule has 4 heteroatoms. The van der Waals surface area contributed by atoms with Gasteiger partial charge >= 0.3 is 11.9 Å². The summed E-state index contributed by atoms with van der Waals surface area (Å²) in [5.41, 5.74) is 0.